The van der Waals surface area contributed by atoms with Crippen molar-refractivity contribution in [3.05, 3.63) is 55.9 Å². The Labute approximate surface area is 125 Å². The Hall–Kier alpha value is -0.750. The highest BCUT2D eigenvalue weighted by Gasteiger charge is 2.06. The fraction of sp³-hybridized carbons (Fsp3) is 0.286. The van der Waals surface area contributed by atoms with Gasteiger partial charge in [-0.15, -0.1) is 11.3 Å². The molecule has 0 aliphatic carbocycles. The van der Waals surface area contributed by atoms with Crippen molar-refractivity contribution in [2.45, 2.75) is 19.6 Å². The molecule has 0 spiro atoms. The normalized spacial score (nSPS) is 11.2. The van der Waals surface area contributed by atoms with Gasteiger partial charge in [-0.3, -0.25) is 4.90 Å². The fourth-order valence-electron chi connectivity index (χ4n) is 1.95. The van der Waals surface area contributed by atoms with Gasteiger partial charge in [-0.2, -0.15) is 0 Å². The molecule has 0 aliphatic rings. The van der Waals surface area contributed by atoms with Crippen LogP contribution >= 0.6 is 27.3 Å². The molecular weight excluding hydrogens is 327 g/mol. The molecule has 1 aromatic carbocycles. The lowest BCUT2D eigenvalue weighted by atomic mass is 10.1. The number of nitrogens with zero attached hydrogens (tertiary/aromatic N) is 1. The van der Waals surface area contributed by atoms with Gasteiger partial charge >= 0.3 is 0 Å². The SMILES string of the molecule is CN(Cc1ccc(F)c(CN)c1)Cc1cc(Br)cs1. The lowest BCUT2D eigenvalue weighted by Crippen LogP contribution is -2.17. The second-order valence-corrected chi connectivity index (χ2v) is 6.44. The Balaban J connectivity index is 2.00. The van der Waals surface area contributed by atoms with E-state index in [0.717, 1.165) is 23.1 Å². The number of hydrogen-bond acceptors (Lipinski definition) is 3. The zero-order chi connectivity index (χ0) is 13.8. The van der Waals surface area contributed by atoms with Crippen molar-refractivity contribution >= 4 is 27.3 Å². The van der Waals surface area contributed by atoms with Crippen LogP contribution in [0.2, 0.25) is 0 Å². The molecule has 0 fully saturated rings. The molecule has 2 N–H and O–H groups in total. The van der Waals surface area contributed by atoms with E-state index in [0.29, 0.717) is 5.56 Å². The molecule has 19 heavy (non-hydrogen) atoms. The minimum absolute atomic E-state index is 0.226. The van der Waals surface area contributed by atoms with Crippen molar-refractivity contribution in [2.75, 3.05) is 7.05 Å². The number of rotatable bonds is 5. The Kier molecular flexibility index (Phi) is 5.10. The molecule has 0 aliphatic heterocycles. The minimum atomic E-state index is -0.226. The molecule has 2 aromatic rings. The summed E-state index contributed by atoms with van der Waals surface area (Å²) in [7, 11) is 2.05. The van der Waals surface area contributed by atoms with Crippen LogP contribution < -0.4 is 5.73 Å². The third-order valence-corrected chi connectivity index (χ3v) is 4.51. The molecule has 0 radical (unpaired) electrons. The van der Waals surface area contributed by atoms with Crippen LogP contribution in [0, 0.1) is 5.82 Å². The van der Waals surface area contributed by atoms with E-state index >= 15 is 0 Å². The minimum Gasteiger partial charge on any atom is -0.326 e. The first kappa shape index (κ1) is 14.7. The molecule has 0 amide bonds. The molecule has 0 saturated heterocycles. The van der Waals surface area contributed by atoms with E-state index in [4.69, 9.17) is 5.73 Å². The third-order valence-electron chi connectivity index (χ3n) is 2.83. The van der Waals surface area contributed by atoms with Crippen LogP contribution in [0.25, 0.3) is 0 Å². The summed E-state index contributed by atoms with van der Waals surface area (Å²) in [6.07, 6.45) is 0. The van der Waals surface area contributed by atoms with Gasteiger partial charge < -0.3 is 5.73 Å². The van der Waals surface area contributed by atoms with E-state index in [-0.39, 0.29) is 12.4 Å². The second-order valence-electron chi connectivity index (χ2n) is 4.53. The molecule has 5 heteroatoms. The van der Waals surface area contributed by atoms with Crippen LogP contribution in [-0.2, 0) is 19.6 Å². The first-order valence-electron chi connectivity index (χ1n) is 5.97. The topological polar surface area (TPSA) is 29.3 Å². The number of benzene rings is 1. The monoisotopic (exact) mass is 342 g/mol. The summed E-state index contributed by atoms with van der Waals surface area (Å²) in [5, 5.41) is 2.08. The van der Waals surface area contributed by atoms with Gasteiger partial charge in [0.25, 0.3) is 0 Å². The van der Waals surface area contributed by atoms with E-state index in [1.54, 1.807) is 11.3 Å². The van der Waals surface area contributed by atoms with E-state index in [1.165, 1.54) is 10.9 Å². The first-order chi connectivity index (χ1) is 9.08. The lowest BCUT2D eigenvalue weighted by molar-refractivity contribution is 0.321. The van der Waals surface area contributed by atoms with Gasteiger partial charge in [-0.25, -0.2) is 4.39 Å². The molecule has 0 saturated carbocycles. The van der Waals surface area contributed by atoms with Crippen LogP contribution in [0.4, 0.5) is 4.39 Å². The molecular formula is C14H16BrFN2S. The van der Waals surface area contributed by atoms with Crippen molar-refractivity contribution in [1.29, 1.82) is 0 Å². The summed E-state index contributed by atoms with van der Waals surface area (Å²) >= 11 is 5.18. The highest BCUT2D eigenvalue weighted by Crippen LogP contribution is 2.21. The zero-order valence-electron chi connectivity index (χ0n) is 10.7. The summed E-state index contributed by atoms with van der Waals surface area (Å²) in [5.74, 6) is -0.226. The van der Waals surface area contributed by atoms with Crippen LogP contribution in [0.1, 0.15) is 16.0 Å². The standard InChI is InChI=1S/C14H16BrFN2S/c1-18(8-13-5-12(15)9-19-13)7-10-2-3-14(16)11(4-10)6-17/h2-5,9H,6-8,17H2,1H3. The molecule has 2 nitrogen and oxygen atoms in total. The maximum atomic E-state index is 13.4. The van der Waals surface area contributed by atoms with Crippen LogP contribution in [0.15, 0.2) is 34.1 Å². The molecule has 0 atom stereocenters. The predicted octanol–water partition coefficient (Wildman–Crippen LogP) is 3.74. The quantitative estimate of drug-likeness (QED) is 0.896. The van der Waals surface area contributed by atoms with Gasteiger partial charge in [0, 0.05) is 39.9 Å². The Morgan fingerprint density at radius 3 is 2.74 bits per heavy atom. The first-order valence-corrected chi connectivity index (χ1v) is 7.64. The summed E-state index contributed by atoms with van der Waals surface area (Å²) < 4.78 is 14.5. The fourth-order valence-corrected chi connectivity index (χ4v) is 3.48. The molecule has 2 rings (SSSR count). The zero-order valence-corrected chi connectivity index (χ0v) is 13.1. The van der Waals surface area contributed by atoms with Crippen molar-refractivity contribution in [1.82, 2.24) is 4.90 Å². The molecule has 102 valence electrons. The highest BCUT2D eigenvalue weighted by atomic mass is 79.9. The van der Waals surface area contributed by atoms with Crippen molar-refractivity contribution in [2.24, 2.45) is 5.73 Å². The molecule has 1 aromatic heterocycles. The number of thiophene rings is 1. The second kappa shape index (κ2) is 6.61. The highest BCUT2D eigenvalue weighted by molar-refractivity contribution is 9.10. The summed E-state index contributed by atoms with van der Waals surface area (Å²) in [6.45, 7) is 1.90. The van der Waals surface area contributed by atoms with Crippen molar-refractivity contribution in [3.63, 3.8) is 0 Å². The molecule has 1 heterocycles. The number of halogens is 2. The van der Waals surface area contributed by atoms with Crippen molar-refractivity contribution in [3.8, 4) is 0 Å². The predicted molar refractivity (Wildman–Crippen MR) is 81.5 cm³/mol. The van der Waals surface area contributed by atoms with Crippen LogP contribution in [0.3, 0.4) is 0 Å². The molecule has 0 unspecified atom stereocenters. The molecule has 0 bridgehead atoms. The smallest absolute Gasteiger partial charge is 0.127 e. The summed E-state index contributed by atoms with van der Waals surface area (Å²) in [4.78, 5) is 3.50. The van der Waals surface area contributed by atoms with E-state index in [1.807, 2.05) is 12.1 Å². The van der Waals surface area contributed by atoms with Gasteiger partial charge in [-0.05, 0) is 40.7 Å². The van der Waals surface area contributed by atoms with Crippen LogP contribution in [0.5, 0.6) is 0 Å². The number of nitrogens with two attached hydrogens (primary N) is 1. The maximum absolute atomic E-state index is 13.4. The van der Waals surface area contributed by atoms with E-state index in [9.17, 15) is 4.39 Å². The Morgan fingerprint density at radius 2 is 2.11 bits per heavy atom. The van der Waals surface area contributed by atoms with Gasteiger partial charge in [0.15, 0.2) is 0 Å². The average molecular weight is 343 g/mol. The number of hydrogen-bond donors (Lipinski definition) is 1. The Morgan fingerprint density at radius 1 is 1.32 bits per heavy atom. The summed E-state index contributed by atoms with van der Waals surface area (Å²) in [5.41, 5.74) is 7.18. The van der Waals surface area contributed by atoms with E-state index < -0.39 is 0 Å². The maximum Gasteiger partial charge on any atom is 0.127 e. The average Bonchev–Trinajstić information content (AvgIpc) is 2.77. The largest absolute Gasteiger partial charge is 0.326 e. The summed E-state index contributed by atoms with van der Waals surface area (Å²) in [6, 6.07) is 7.27. The van der Waals surface area contributed by atoms with E-state index in [2.05, 4.69) is 39.3 Å². The van der Waals surface area contributed by atoms with Gasteiger partial charge in [0.05, 0.1) is 0 Å². The van der Waals surface area contributed by atoms with Crippen LogP contribution in [-0.4, -0.2) is 11.9 Å². The lowest BCUT2D eigenvalue weighted by Gasteiger charge is -2.16. The van der Waals surface area contributed by atoms with Gasteiger partial charge in [-0.1, -0.05) is 12.1 Å². The van der Waals surface area contributed by atoms with Crippen molar-refractivity contribution < 1.29 is 4.39 Å². The Bertz CT molecular complexity index is 556. The van der Waals surface area contributed by atoms with Gasteiger partial charge in [0.2, 0.25) is 0 Å². The van der Waals surface area contributed by atoms with Gasteiger partial charge in [0.1, 0.15) is 5.82 Å². The third kappa shape index (κ3) is 4.11.